The van der Waals surface area contributed by atoms with Crippen LogP contribution in [0, 0.1) is 10.1 Å². The smallest absolute Gasteiger partial charge is 0.321 e. The number of nitro benzene ring substituents is 1. The zero-order valence-electron chi connectivity index (χ0n) is 10.9. The summed E-state index contributed by atoms with van der Waals surface area (Å²) in [4.78, 5) is 20.6. The average molecular weight is 381 g/mol. The van der Waals surface area contributed by atoms with Crippen molar-refractivity contribution in [1.82, 2.24) is 4.72 Å². The number of halogens is 1. The van der Waals surface area contributed by atoms with Gasteiger partial charge in [0.15, 0.2) is 0 Å². The number of benzene rings is 1. The van der Waals surface area contributed by atoms with Gasteiger partial charge in [-0.1, -0.05) is 29.3 Å². The van der Waals surface area contributed by atoms with Gasteiger partial charge in [-0.2, -0.15) is 4.72 Å². The molecule has 0 aliphatic heterocycles. The molecule has 0 saturated heterocycles. The third-order valence-electron chi connectivity index (χ3n) is 2.55. The van der Waals surface area contributed by atoms with Gasteiger partial charge in [0.25, 0.3) is 5.69 Å². The van der Waals surface area contributed by atoms with E-state index in [2.05, 4.69) is 15.9 Å². The molecule has 10 heteroatoms. The number of non-ortho nitro benzene ring substituents is 1. The van der Waals surface area contributed by atoms with Crippen LogP contribution in [0.15, 0.2) is 27.6 Å². The van der Waals surface area contributed by atoms with E-state index < -0.39 is 32.6 Å². The summed E-state index contributed by atoms with van der Waals surface area (Å²) < 4.78 is 26.5. The fourth-order valence-corrected chi connectivity index (χ4v) is 3.51. The Labute approximate surface area is 129 Å². The van der Waals surface area contributed by atoms with Gasteiger partial charge < -0.3 is 5.11 Å². The van der Waals surface area contributed by atoms with Gasteiger partial charge in [0.2, 0.25) is 10.0 Å². The van der Waals surface area contributed by atoms with Gasteiger partial charge in [-0.05, 0) is 12.5 Å². The predicted octanol–water partition coefficient (Wildman–Crippen LogP) is 1.89. The van der Waals surface area contributed by atoms with E-state index in [0.717, 1.165) is 12.1 Å². The van der Waals surface area contributed by atoms with Gasteiger partial charge >= 0.3 is 5.97 Å². The molecular formula is C11H13BrN2O6S. The van der Waals surface area contributed by atoms with Crippen LogP contribution in [0.25, 0.3) is 0 Å². The number of nitrogens with one attached hydrogen (secondary N) is 1. The Morgan fingerprint density at radius 1 is 1.48 bits per heavy atom. The molecule has 0 aromatic heterocycles. The normalized spacial score (nSPS) is 12.9. The van der Waals surface area contributed by atoms with E-state index in [9.17, 15) is 23.3 Å². The number of nitrogens with zero attached hydrogens (tertiary/aromatic N) is 1. The van der Waals surface area contributed by atoms with Crippen LogP contribution in [0.2, 0.25) is 0 Å². The van der Waals surface area contributed by atoms with E-state index in [0.29, 0.717) is 6.42 Å². The van der Waals surface area contributed by atoms with Crippen LogP contribution in [0.5, 0.6) is 0 Å². The van der Waals surface area contributed by atoms with Crippen LogP contribution in [-0.4, -0.2) is 30.5 Å². The van der Waals surface area contributed by atoms with Crippen LogP contribution >= 0.6 is 15.9 Å². The first-order valence-corrected chi connectivity index (χ1v) is 8.15. The first kappa shape index (κ1) is 17.5. The lowest BCUT2D eigenvalue weighted by Crippen LogP contribution is -2.40. The molecule has 0 amide bonds. The molecular weight excluding hydrogens is 368 g/mol. The summed E-state index contributed by atoms with van der Waals surface area (Å²) in [5, 5.41) is 19.7. The summed E-state index contributed by atoms with van der Waals surface area (Å²) in [6, 6.07) is 1.91. The third kappa shape index (κ3) is 4.76. The van der Waals surface area contributed by atoms with E-state index in [-0.39, 0.29) is 15.8 Å². The van der Waals surface area contributed by atoms with Crippen molar-refractivity contribution in [2.24, 2.45) is 0 Å². The van der Waals surface area contributed by atoms with Crippen molar-refractivity contribution in [1.29, 1.82) is 0 Å². The van der Waals surface area contributed by atoms with Crippen LogP contribution in [0.3, 0.4) is 0 Å². The molecule has 116 valence electrons. The molecule has 0 fully saturated rings. The van der Waals surface area contributed by atoms with Crippen molar-refractivity contribution >= 4 is 37.6 Å². The van der Waals surface area contributed by atoms with E-state index in [1.807, 2.05) is 4.72 Å². The van der Waals surface area contributed by atoms with Crippen molar-refractivity contribution in [3.8, 4) is 0 Å². The van der Waals surface area contributed by atoms with E-state index in [4.69, 9.17) is 5.11 Å². The van der Waals surface area contributed by atoms with Gasteiger partial charge in [-0.3, -0.25) is 14.9 Å². The van der Waals surface area contributed by atoms with E-state index in [1.54, 1.807) is 6.92 Å². The molecule has 0 saturated carbocycles. The summed E-state index contributed by atoms with van der Waals surface area (Å²) in [6.07, 6.45) is 0.586. The number of sulfonamides is 1. The Morgan fingerprint density at radius 2 is 2.10 bits per heavy atom. The molecule has 21 heavy (non-hydrogen) atoms. The highest BCUT2D eigenvalue weighted by Gasteiger charge is 2.26. The van der Waals surface area contributed by atoms with Crippen LogP contribution in [-0.2, 0) is 14.8 Å². The molecule has 0 heterocycles. The lowest BCUT2D eigenvalue weighted by Gasteiger charge is -2.14. The third-order valence-corrected chi connectivity index (χ3v) is 4.46. The molecule has 1 atom stereocenters. The molecule has 0 aliphatic carbocycles. The highest BCUT2D eigenvalue weighted by Crippen LogP contribution is 2.24. The van der Waals surface area contributed by atoms with Crippen LogP contribution in [0.1, 0.15) is 19.8 Å². The van der Waals surface area contributed by atoms with Crippen molar-refractivity contribution in [2.75, 3.05) is 0 Å². The maximum absolute atomic E-state index is 12.1. The molecule has 0 radical (unpaired) electrons. The second kappa shape index (κ2) is 6.96. The van der Waals surface area contributed by atoms with Crippen LogP contribution in [0.4, 0.5) is 5.69 Å². The summed E-state index contributed by atoms with van der Waals surface area (Å²) in [6.45, 7) is 1.72. The minimum Gasteiger partial charge on any atom is -0.480 e. The van der Waals surface area contributed by atoms with Crippen molar-refractivity contribution in [3.05, 3.63) is 32.8 Å². The highest BCUT2D eigenvalue weighted by molar-refractivity contribution is 9.10. The zero-order chi connectivity index (χ0) is 16.2. The molecule has 1 aromatic carbocycles. The SMILES string of the molecule is CCCC(NS(=O)(=O)c1cc(Br)cc([N+](=O)[O-])c1)C(=O)O. The van der Waals surface area contributed by atoms with Gasteiger partial charge in [-0.15, -0.1) is 0 Å². The first-order valence-electron chi connectivity index (χ1n) is 5.87. The standard InChI is InChI=1S/C11H13BrN2O6S/c1-2-3-10(11(15)16)13-21(19,20)9-5-7(12)4-8(6-9)14(17)18/h4-6,10,13H,2-3H2,1H3,(H,15,16). The quantitative estimate of drug-likeness (QED) is 0.549. The highest BCUT2D eigenvalue weighted by atomic mass is 79.9. The molecule has 0 bridgehead atoms. The summed E-state index contributed by atoms with van der Waals surface area (Å²) >= 11 is 2.99. The van der Waals surface area contributed by atoms with Gasteiger partial charge in [0.05, 0.1) is 9.82 Å². The molecule has 1 unspecified atom stereocenters. The summed E-state index contributed by atoms with van der Waals surface area (Å²) in [7, 11) is -4.17. The van der Waals surface area contributed by atoms with Gasteiger partial charge in [0, 0.05) is 16.6 Å². The van der Waals surface area contributed by atoms with Crippen molar-refractivity contribution in [3.63, 3.8) is 0 Å². The Kier molecular flexibility index (Phi) is 5.81. The Hall–Kier alpha value is -1.52. The number of carbonyl (C=O) groups is 1. The van der Waals surface area contributed by atoms with E-state index >= 15 is 0 Å². The Bertz CT molecular complexity index is 661. The van der Waals surface area contributed by atoms with E-state index in [1.165, 1.54) is 6.07 Å². The summed E-state index contributed by atoms with van der Waals surface area (Å²) in [5.41, 5.74) is -0.410. The Balaban J connectivity index is 3.18. The lowest BCUT2D eigenvalue weighted by molar-refractivity contribution is -0.385. The molecule has 2 N–H and O–H groups in total. The maximum Gasteiger partial charge on any atom is 0.321 e. The second-order valence-corrected chi connectivity index (χ2v) is 6.83. The number of carboxylic acids is 1. The van der Waals surface area contributed by atoms with Crippen molar-refractivity contribution < 1.29 is 23.2 Å². The fourth-order valence-electron chi connectivity index (χ4n) is 1.59. The maximum atomic E-state index is 12.1. The number of hydrogen-bond acceptors (Lipinski definition) is 5. The minimum absolute atomic E-state index is 0.116. The van der Waals surface area contributed by atoms with Crippen molar-refractivity contribution in [2.45, 2.75) is 30.7 Å². The zero-order valence-corrected chi connectivity index (χ0v) is 13.3. The van der Waals surface area contributed by atoms with Gasteiger partial charge in [0.1, 0.15) is 6.04 Å². The second-order valence-electron chi connectivity index (χ2n) is 4.20. The molecule has 1 aromatic rings. The van der Waals surface area contributed by atoms with Gasteiger partial charge in [-0.25, -0.2) is 8.42 Å². The molecule has 0 spiro atoms. The number of aliphatic carboxylic acids is 1. The average Bonchev–Trinajstić information content (AvgIpc) is 2.37. The fraction of sp³-hybridized carbons (Fsp3) is 0.364. The molecule has 0 aliphatic rings. The number of rotatable bonds is 7. The molecule has 8 nitrogen and oxygen atoms in total. The first-order chi connectivity index (χ1) is 9.67. The largest absolute Gasteiger partial charge is 0.480 e. The minimum atomic E-state index is -4.17. The number of hydrogen-bond donors (Lipinski definition) is 2. The predicted molar refractivity (Wildman–Crippen MR) is 77.4 cm³/mol. The Morgan fingerprint density at radius 3 is 2.57 bits per heavy atom. The topological polar surface area (TPSA) is 127 Å². The van der Waals surface area contributed by atoms with Crippen LogP contribution < -0.4 is 4.72 Å². The lowest BCUT2D eigenvalue weighted by atomic mass is 10.2. The monoisotopic (exact) mass is 380 g/mol. The molecule has 1 rings (SSSR count). The number of carboxylic acid groups (broad SMARTS) is 1. The summed E-state index contributed by atoms with van der Waals surface area (Å²) in [5.74, 6) is -1.30. The number of nitro groups is 1.